The van der Waals surface area contributed by atoms with E-state index < -0.39 is 18.1 Å². The fourth-order valence-corrected chi connectivity index (χ4v) is 2.37. The molecule has 0 aromatic carbocycles. The number of carbonyl (C=O) groups excluding carboxylic acids is 1. The monoisotopic (exact) mass is 304 g/mol. The van der Waals surface area contributed by atoms with E-state index >= 15 is 0 Å². The molecule has 0 saturated carbocycles. The summed E-state index contributed by atoms with van der Waals surface area (Å²) in [6.07, 6.45) is -0.406. The third-order valence-electron chi connectivity index (χ3n) is 3.60. The maximum Gasteiger partial charge on any atom is 0.393 e. The molecule has 2 heterocycles. The van der Waals surface area contributed by atoms with Crippen molar-refractivity contribution in [2.45, 2.75) is 38.5 Å². The zero-order valence-corrected chi connectivity index (χ0v) is 11.8. The molecular formula is C13H19F3N4O. The summed E-state index contributed by atoms with van der Waals surface area (Å²) in [4.78, 5) is 11.9. The van der Waals surface area contributed by atoms with E-state index in [2.05, 4.69) is 15.7 Å². The Morgan fingerprint density at radius 1 is 1.52 bits per heavy atom. The summed E-state index contributed by atoms with van der Waals surface area (Å²) >= 11 is 0. The lowest BCUT2D eigenvalue weighted by molar-refractivity contribution is -0.180. The maximum atomic E-state index is 12.5. The number of amides is 1. The summed E-state index contributed by atoms with van der Waals surface area (Å²) < 4.78 is 39.2. The summed E-state index contributed by atoms with van der Waals surface area (Å²) in [5.74, 6) is -1.60. The number of nitrogens with zero attached hydrogens (tertiary/aromatic N) is 2. The van der Waals surface area contributed by atoms with Gasteiger partial charge in [0.15, 0.2) is 0 Å². The molecule has 1 aromatic heterocycles. The van der Waals surface area contributed by atoms with Gasteiger partial charge in [-0.25, -0.2) is 0 Å². The van der Waals surface area contributed by atoms with Gasteiger partial charge in [0.05, 0.1) is 24.7 Å². The van der Waals surface area contributed by atoms with Crippen LogP contribution in [0, 0.1) is 12.8 Å². The molecule has 1 fully saturated rings. The van der Waals surface area contributed by atoms with Crippen molar-refractivity contribution >= 4 is 5.91 Å². The SMILES string of the molecule is Cc1cnn(CCNC(=O)C2CCC(C(F)(F)F)CN2)c1. The smallest absolute Gasteiger partial charge is 0.353 e. The van der Waals surface area contributed by atoms with Crippen LogP contribution in [-0.2, 0) is 11.3 Å². The van der Waals surface area contributed by atoms with Crippen LogP contribution < -0.4 is 10.6 Å². The second kappa shape index (κ2) is 6.46. The molecule has 0 radical (unpaired) electrons. The molecule has 0 bridgehead atoms. The summed E-state index contributed by atoms with van der Waals surface area (Å²) in [7, 11) is 0. The first-order chi connectivity index (χ1) is 9.86. The first kappa shape index (κ1) is 15.8. The van der Waals surface area contributed by atoms with Crippen molar-refractivity contribution in [3.63, 3.8) is 0 Å². The molecule has 2 atom stereocenters. The Hall–Kier alpha value is -1.57. The van der Waals surface area contributed by atoms with E-state index in [4.69, 9.17) is 0 Å². The van der Waals surface area contributed by atoms with Crippen molar-refractivity contribution in [1.29, 1.82) is 0 Å². The molecular weight excluding hydrogens is 285 g/mol. The fourth-order valence-electron chi connectivity index (χ4n) is 2.37. The van der Waals surface area contributed by atoms with E-state index in [1.54, 1.807) is 10.9 Å². The molecule has 118 valence electrons. The number of aryl methyl sites for hydroxylation is 1. The summed E-state index contributed by atoms with van der Waals surface area (Å²) in [6, 6.07) is -0.539. The van der Waals surface area contributed by atoms with Gasteiger partial charge >= 0.3 is 6.18 Å². The van der Waals surface area contributed by atoms with Crippen LogP contribution in [0.5, 0.6) is 0 Å². The van der Waals surface area contributed by atoms with Crippen LogP contribution in [0.3, 0.4) is 0 Å². The zero-order chi connectivity index (χ0) is 15.5. The third-order valence-corrected chi connectivity index (χ3v) is 3.60. The van der Waals surface area contributed by atoms with Crippen LogP contribution in [0.2, 0.25) is 0 Å². The van der Waals surface area contributed by atoms with Crippen LogP contribution in [0.4, 0.5) is 13.2 Å². The van der Waals surface area contributed by atoms with Gasteiger partial charge < -0.3 is 10.6 Å². The van der Waals surface area contributed by atoms with Gasteiger partial charge in [-0.05, 0) is 25.3 Å². The second-order valence-electron chi connectivity index (χ2n) is 5.35. The van der Waals surface area contributed by atoms with Crippen LogP contribution >= 0.6 is 0 Å². The number of aromatic nitrogens is 2. The predicted molar refractivity (Wildman–Crippen MR) is 70.5 cm³/mol. The minimum atomic E-state index is -4.19. The Labute approximate surface area is 120 Å². The van der Waals surface area contributed by atoms with Crippen molar-refractivity contribution in [2.75, 3.05) is 13.1 Å². The largest absolute Gasteiger partial charge is 0.393 e. The minimum absolute atomic E-state index is 0.00701. The number of rotatable bonds is 4. The maximum absolute atomic E-state index is 12.5. The number of carbonyl (C=O) groups is 1. The summed E-state index contributed by atoms with van der Waals surface area (Å²) in [5, 5.41) is 9.48. The number of nitrogens with one attached hydrogen (secondary N) is 2. The Bertz CT molecular complexity index is 478. The topological polar surface area (TPSA) is 59.0 Å². The minimum Gasteiger partial charge on any atom is -0.353 e. The lowest BCUT2D eigenvalue weighted by Crippen LogP contribution is -2.51. The van der Waals surface area contributed by atoms with Gasteiger partial charge in [-0.3, -0.25) is 9.48 Å². The van der Waals surface area contributed by atoms with E-state index in [0.29, 0.717) is 13.1 Å². The number of hydrogen-bond acceptors (Lipinski definition) is 3. The highest BCUT2D eigenvalue weighted by Crippen LogP contribution is 2.31. The van der Waals surface area contributed by atoms with E-state index in [1.807, 2.05) is 13.1 Å². The van der Waals surface area contributed by atoms with Crippen molar-refractivity contribution in [1.82, 2.24) is 20.4 Å². The van der Waals surface area contributed by atoms with Gasteiger partial charge in [0.2, 0.25) is 5.91 Å². The van der Waals surface area contributed by atoms with Gasteiger partial charge in [0.25, 0.3) is 0 Å². The van der Waals surface area contributed by atoms with Gasteiger partial charge in [-0.2, -0.15) is 18.3 Å². The Balaban J connectivity index is 1.70. The molecule has 21 heavy (non-hydrogen) atoms. The molecule has 1 saturated heterocycles. The zero-order valence-electron chi connectivity index (χ0n) is 11.8. The third kappa shape index (κ3) is 4.45. The molecule has 0 spiro atoms. The van der Waals surface area contributed by atoms with Gasteiger partial charge in [-0.1, -0.05) is 0 Å². The van der Waals surface area contributed by atoms with Crippen LogP contribution in [0.1, 0.15) is 18.4 Å². The molecule has 1 aliphatic heterocycles. The first-order valence-corrected chi connectivity index (χ1v) is 6.93. The van der Waals surface area contributed by atoms with Gasteiger partial charge in [0.1, 0.15) is 0 Å². The van der Waals surface area contributed by atoms with Crippen molar-refractivity contribution in [3.05, 3.63) is 18.0 Å². The quantitative estimate of drug-likeness (QED) is 0.880. The standard InChI is InChI=1S/C13H19F3N4O/c1-9-6-19-20(8-9)5-4-17-12(21)11-3-2-10(7-18-11)13(14,15)16/h6,8,10-11,18H,2-5,7H2,1H3,(H,17,21). The number of hydrogen-bond donors (Lipinski definition) is 2. The van der Waals surface area contributed by atoms with Crippen molar-refractivity contribution in [3.8, 4) is 0 Å². The molecule has 2 N–H and O–H groups in total. The second-order valence-corrected chi connectivity index (χ2v) is 5.35. The van der Waals surface area contributed by atoms with Crippen molar-refractivity contribution in [2.24, 2.45) is 5.92 Å². The highest BCUT2D eigenvalue weighted by atomic mass is 19.4. The molecule has 1 aromatic rings. The number of alkyl halides is 3. The average molecular weight is 304 g/mol. The lowest BCUT2D eigenvalue weighted by atomic mass is 9.94. The molecule has 2 rings (SSSR count). The highest BCUT2D eigenvalue weighted by Gasteiger charge is 2.42. The Morgan fingerprint density at radius 3 is 2.81 bits per heavy atom. The predicted octanol–water partition coefficient (Wildman–Crippen LogP) is 1.24. The highest BCUT2D eigenvalue weighted by molar-refractivity contribution is 5.81. The normalized spacial score (nSPS) is 23.0. The molecule has 1 aliphatic rings. The average Bonchev–Trinajstić information content (AvgIpc) is 2.83. The first-order valence-electron chi connectivity index (χ1n) is 6.93. The van der Waals surface area contributed by atoms with E-state index in [1.165, 1.54) is 0 Å². The van der Waals surface area contributed by atoms with E-state index in [9.17, 15) is 18.0 Å². The molecule has 2 unspecified atom stereocenters. The van der Waals surface area contributed by atoms with E-state index in [0.717, 1.165) is 5.56 Å². The van der Waals surface area contributed by atoms with Crippen LogP contribution in [0.15, 0.2) is 12.4 Å². The van der Waals surface area contributed by atoms with Crippen LogP contribution in [-0.4, -0.2) is 41.0 Å². The molecule has 0 aliphatic carbocycles. The fraction of sp³-hybridized carbons (Fsp3) is 0.692. The van der Waals surface area contributed by atoms with E-state index in [-0.39, 0.29) is 25.3 Å². The van der Waals surface area contributed by atoms with Crippen molar-refractivity contribution < 1.29 is 18.0 Å². The molecule has 1 amide bonds. The Kier molecular flexibility index (Phi) is 4.87. The molecule has 5 nitrogen and oxygen atoms in total. The number of piperidine rings is 1. The van der Waals surface area contributed by atoms with Gasteiger partial charge in [0, 0.05) is 19.3 Å². The Morgan fingerprint density at radius 2 is 2.29 bits per heavy atom. The summed E-state index contributed by atoms with van der Waals surface area (Å²) in [5.41, 5.74) is 1.04. The van der Waals surface area contributed by atoms with Gasteiger partial charge in [-0.15, -0.1) is 0 Å². The lowest BCUT2D eigenvalue weighted by Gasteiger charge is -2.30. The number of halogens is 3. The summed E-state index contributed by atoms with van der Waals surface area (Å²) in [6.45, 7) is 2.67. The molecule has 8 heteroatoms. The van der Waals surface area contributed by atoms with Crippen LogP contribution in [0.25, 0.3) is 0 Å².